The van der Waals surface area contributed by atoms with Crippen molar-refractivity contribution < 1.29 is 18.9 Å². The maximum absolute atomic E-state index is 6.09. The lowest BCUT2D eigenvalue weighted by atomic mass is 9.82. The van der Waals surface area contributed by atoms with Gasteiger partial charge in [0.25, 0.3) is 0 Å². The molecular formula is C36H26O4. The predicted molar refractivity (Wildman–Crippen MR) is 157 cm³/mol. The molecule has 0 aromatic heterocycles. The maximum atomic E-state index is 6.09. The Hall–Kier alpha value is -4.70. The summed E-state index contributed by atoms with van der Waals surface area (Å²) < 4.78 is 23.8. The standard InChI is InChI=1S/C36H26O4/c1-36-17-24(36)15-29-25(13-14-31-34(29)39-19-37-31)26-11-12-27-28(30(26)18-36)16-32-35(40-20-38-32)33(27)23-9-7-22(8-10-23)21-5-3-2-4-6-21/h2-16H,17-20H2,1H3. The molecule has 4 heteroatoms. The van der Waals surface area contributed by atoms with Crippen LogP contribution in [-0.2, 0) is 6.42 Å². The van der Waals surface area contributed by atoms with Crippen LogP contribution in [0.3, 0.4) is 0 Å². The van der Waals surface area contributed by atoms with Crippen molar-refractivity contribution in [1.29, 1.82) is 0 Å². The second kappa shape index (κ2) is 7.92. The van der Waals surface area contributed by atoms with E-state index in [1.165, 1.54) is 44.2 Å². The van der Waals surface area contributed by atoms with Crippen LogP contribution in [0, 0.1) is 5.41 Å². The largest absolute Gasteiger partial charge is 0.454 e. The molecule has 1 fully saturated rings. The van der Waals surface area contributed by atoms with Gasteiger partial charge in [-0.15, -0.1) is 0 Å². The molecule has 40 heavy (non-hydrogen) atoms. The second-order valence-corrected chi connectivity index (χ2v) is 11.5. The van der Waals surface area contributed by atoms with Gasteiger partial charge in [0.1, 0.15) is 0 Å². The van der Waals surface area contributed by atoms with Crippen molar-refractivity contribution in [2.24, 2.45) is 5.41 Å². The highest BCUT2D eigenvalue weighted by molar-refractivity contribution is 6.06. The predicted octanol–water partition coefficient (Wildman–Crippen LogP) is 8.65. The fraction of sp³-hybridized carbons (Fsp3) is 0.167. The molecule has 2 aliphatic heterocycles. The second-order valence-electron chi connectivity index (χ2n) is 11.5. The first kappa shape index (κ1) is 22.2. The van der Waals surface area contributed by atoms with Gasteiger partial charge in [0.05, 0.1) is 0 Å². The topological polar surface area (TPSA) is 36.9 Å². The summed E-state index contributed by atoms with van der Waals surface area (Å²) in [5, 5.41) is 2.41. The molecule has 1 atom stereocenters. The Balaban J connectivity index is 1.28. The molecule has 4 aliphatic rings. The first-order valence-corrected chi connectivity index (χ1v) is 13.8. The fourth-order valence-corrected chi connectivity index (χ4v) is 6.80. The Morgan fingerprint density at radius 1 is 0.600 bits per heavy atom. The molecule has 0 radical (unpaired) electrons. The summed E-state index contributed by atoms with van der Waals surface area (Å²) >= 11 is 0. The van der Waals surface area contributed by atoms with Gasteiger partial charge < -0.3 is 18.9 Å². The van der Waals surface area contributed by atoms with Gasteiger partial charge >= 0.3 is 0 Å². The molecule has 2 heterocycles. The molecule has 194 valence electrons. The fourth-order valence-electron chi connectivity index (χ4n) is 6.80. The van der Waals surface area contributed by atoms with Crippen LogP contribution in [0.5, 0.6) is 23.0 Å². The Morgan fingerprint density at radius 3 is 2.17 bits per heavy atom. The van der Waals surface area contributed by atoms with Crippen molar-refractivity contribution in [3.63, 3.8) is 0 Å². The van der Waals surface area contributed by atoms with Crippen molar-refractivity contribution in [3.05, 3.63) is 102 Å². The lowest BCUT2D eigenvalue weighted by Gasteiger charge is -2.22. The molecule has 1 unspecified atom stereocenters. The SMILES string of the molecule is CC12CC1=Cc1c(ccc3c1OCO3)-c1ccc3c(-c4ccc(-c5ccccc5)cc4)c4c(cc3c1C2)OCO4. The molecule has 0 N–H and O–H groups in total. The first-order valence-electron chi connectivity index (χ1n) is 13.8. The molecule has 1 saturated carbocycles. The van der Waals surface area contributed by atoms with Crippen LogP contribution >= 0.6 is 0 Å². The Bertz CT molecular complexity index is 1900. The van der Waals surface area contributed by atoms with Gasteiger partial charge in [-0.2, -0.15) is 0 Å². The van der Waals surface area contributed by atoms with Gasteiger partial charge in [-0.3, -0.25) is 0 Å². The highest BCUT2D eigenvalue weighted by Gasteiger charge is 2.46. The third-order valence-corrected chi connectivity index (χ3v) is 9.04. The lowest BCUT2D eigenvalue weighted by Crippen LogP contribution is -2.06. The molecule has 0 bridgehead atoms. The molecule has 0 saturated heterocycles. The minimum atomic E-state index is 0.136. The number of ether oxygens (including phenoxy) is 4. The number of benzene rings is 5. The monoisotopic (exact) mass is 522 g/mol. The van der Waals surface area contributed by atoms with E-state index in [9.17, 15) is 0 Å². The summed E-state index contributed by atoms with van der Waals surface area (Å²) in [6, 6.07) is 30.3. The summed E-state index contributed by atoms with van der Waals surface area (Å²) in [6.07, 6.45) is 4.41. The highest BCUT2D eigenvalue weighted by atomic mass is 16.7. The van der Waals surface area contributed by atoms with Crippen molar-refractivity contribution in [1.82, 2.24) is 0 Å². The summed E-state index contributed by atoms with van der Waals surface area (Å²) in [7, 11) is 0. The van der Waals surface area contributed by atoms with Crippen LogP contribution in [0.15, 0.2) is 90.5 Å². The van der Waals surface area contributed by atoms with Crippen molar-refractivity contribution in [2.75, 3.05) is 13.6 Å². The minimum absolute atomic E-state index is 0.136. The highest BCUT2D eigenvalue weighted by Crippen LogP contribution is 2.60. The molecule has 5 aromatic rings. The normalized spacial score (nSPS) is 19.3. The van der Waals surface area contributed by atoms with Crippen LogP contribution < -0.4 is 18.9 Å². The molecule has 0 spiro atoms. The van der Waals surface area contributed by atoms with Crippen LogP contribution in [0.25, 0.3) is 50.2 Å². The van der Waals surface area contributed by atoms with Gasteiger partial charge in [-0.05, 0) is 80.6 Å². The van der Waals surface area contributed by atoms with E-state index in [2.05, 4.69) is 85.8 Å². The van der Waals surface area contributed by atoms with E-state index in [0.29, 0.717) is 0 Å². The van der Waals surface area contributed by atoms with E-state index in [1.54, 1.807) is 0 Å². The third kappa shape index (κ3) is 3.13. The van der Waals surface area contributed by atoms with Crippen LogP contribution in [0.1, 0.15) is 24.5 Å². The van der Waals surface area contributed by atoms with Gasteiger partial charge in [0.2, 0.25) is 13.6 Å². The van der Waals surface area contributed by atoms with Crippen molar-refractivity contribution in [3.8, 4) is 56.4 Å². The van der Waals surface area contributed by atoms with E-state index in [-0.39, 0.29) is 19.0 Å². The zero-order chi connectivity index (χ0) is 26.4. The van der Waals surface area contributed by atoms with Gasteiger partial charge in [-0.1, -0.05) is 85.3 Å². The van der Waals surface area contributed by atoms with E-state index >= 15 is 0 Å². The average Bonchev–Trinajstić information content (AvgIpc) is 3.35. The van der Waals surface area contributed by atoms with Crippen LogP contribution in [-0.4, -0.2) is 13.6 Å². The van der Waals surface area contributed by atoms with E-state index < -0.39 is 0 Å². The Labute approximate surface area is 232 Å². The molecule has 9 rings (SSSR count). The zero-order valence-corrected chi connectivity index (χ0v) is 22.1. The Morgan fingerprint density at radius 2 is 1.32 bits per heavy atom. The van der Waals surface area contributed by atoms with Gasteiger partial charge in [0.15, 0.2) is 23.0 Å². The summed E-state index contributed by atoms with van der Waals surface area (Å²) in [5.41, 5.74) is 11.1. The number of hydrogen-bond donors (Lipinski definition) is 0. The molecule has 4 nitrogen and oxygen atoms in total. The summed E-state index contributed by atoms with van der Waals surface area (Å²) in [4.78, 5) is 0. The van der Waals surface area contributed by atoms with Crippen LogP contribution in [0.4, 0.5) is 0 Å². The summed E-state index contributed by atoms with van der Waals surface area (Å²) in [5.74, 6) is 3.32. The number of rotatable bonds is 2. The molecule has 5 aromatic carbocycles. The smallest absolute Gasteiger partial charge is 0.231 e. The average molecular weight is 523 g/mol. The van der Waals surface area contributed by atoms with Crippen LogP contribution in [0.2, 0.25) is 0 Å². The van der Waals surface area contributed by atoms with Crippen molar-refractivity contribution in [2.45, 2.75) is 19.8 Å². The molecule has 0 amide bonds. The lowest BCUT2D eigenvalue weighted by molar-refractivity contribution is 0.173. The van der Waals surface area contributed by atoms with Gasteiger partial charge in [0, 0.05) is 11.1 Å². The van der Waals surface area contributed by atoms with E-state index in [0.717, 1.165) is 52.5 Å². The molecular weight excluding hydrogens is 496 g/mol. The zero-order valence-electron chi connectivity index (χ0n) is 22.1. The first-order chi connectivity index (χ1) is 19.7. The Kier molecular flexibility index (Phi) is 4.39. The number of fused-ring (bicyclic) bond motifs is 9. The quantitative estimate of drug-likeness (QED) is 0.232. The minimum Gasteiger partial charge on any atom is -0.454 e. The third-order valence-electron chi connectivity index (χ3n) is 9.04. The summed E-state index contributed by atoms with van der Waals surface area (Å²) in [6.45, 7) is 2.88. The number of allylic oxidation sites excluding steroid dienone is 1. The van der Waals surface area contributed by atoms with Gasteiger partial charge in [-0.25, -0.2) is 0 Å². The van der Waals surface area contributed by atoms with E-state index in [4.69, 9.17) is 18.9 Å². The number of hydrogen-bond acceptors (Lipinski definition) is 4. The molecule has 2 aliphatic carbocycles. The van der Waals surface area contributed by atoms with Crippen molar-refractivity contribution >= 4 is 16.8 Å². The van der Waals surface area contributed by atoms with E-state index in [1.807, 2.05) is 12.1 Å². The maximum Gasteiger partial charge on any atom is 0.231 e.